The van der Waals surface area contributed by atoms with Gasteiger partial charge in [0.25, 0.3) is 0 Å². The fraction of sp³-hybridized carbons (Fsp3) is 0.857. The zero-order valence-corrected chi connectivity index (χ0v) is 6.84. The van der Waals surface area contributed by atoms with E-state index in [2.05, 4.69) is 0 Å². The first-order valence-electron chi connectivity index (χ1n) is 3.88. The Bertz CT molecular complexity index is 204. The number of rotatable bonds is 2. The molecule has 0 aromatic carbocycles. The Kier molecular flexibility index (Phi) is 2.92. The molecule has 0 aromatic rings. The first kappa shape index (κ1) is 10.5. The van der Waals surface area contributed by atoms with Crippen LogP contribution in [-0.2, 0) is 4.79 Å². The number of hydrogen-bond donors (Lipinski definition) is 1. The van der Waals surface area contributed by atoms with Gasteiger partial charge >= 0.3 is 6.18 Å². The molecule has 3 nitrogen and oxygen atoms in total. The van der Waals surface area contributed by atoms with Gasteiger partial charge in [-0.05, 0) is 0 Å². The van der Waals surface area contributed by atoms with Crippen LogP contribution in [-0.4, -0.2) is 47.7 Å². The minimum Gasteiger partial charge on any atom is -0.382 e. The molecule has 1 N–H and O–H groups in total. The SMILES string of the molecule is O=C1CCN(CC(O)C(F)(F)F)C1. The van der Waals surface area contributed by atoms with Crippen molar-refractivity contribution in [1.82, 2.24) is 4.90 Å². The molecule has 1 unspecified atom stereocenters. The number of likely N-dealkylation sites (tertiary alicyclic amines) is 1. The molecule has 0 amide bonds. The molecule has 0 aliphatic carbocycles. The van der Waals surface area contributed by atoms with Crippen molar-refractivity contribution in [2.24, 2.45) is 0 Å². The van der Waals surface area contributed by atoms with Crippen molar-refractivity contribution in [3.8, 4) is 0 Å². The first-order chi connectivity index (χ1) is 5.89. The van der Waals surface area contributed by atoms with E-state index in [1.54, 1.807) is 0 Å². The molecular weight excluding hydrogens is 187 g/mol. The molecule has 1 fully saturated rings. The van der Waals surface area contributed by atoms with Crippen LogP contribution in [0.25, 0.3) is 0 Å². The summed E-state index contributed by atoms with van der Waals surface area (Å²) < 4.78 is 35.5. The summed E-state index contributed by atoms with van der Waals surface area (Å²) in [5.74, 6) is -0.0747. The third kappa shape index (κ3) is 2.96. The molecule has 0 saturated carbocycles. The summed E-state index contributed by atoms with van der Waals surface area (Å²) in [4.78, 5) is 12.0. The molecule has 1 atom stereocenters. The molecule has 0 aromatic heterocycles. The fourth-order valence-electron chi connectivity index (χ4n) is 1.19. The van der Waals surface area contributed by atoms with Crippen molar-refractivity contribution in [1.29, 1.82) is 0 Å². The third-order valence-corrected chi connectivity index (χ3v) is 1.92. The smallest absolute Gasteiger partial charge is 0.382 e. The van der Waals surface area contributed by atoms with E-state index in [0.717, 1.165) is 0 Å². The zero-order chi connectivity index (χ0) is 10.1. The largest absolute Gasteiger partial charge is 0.415 e. The van der Waals surface area contributed by atoms with Crippen molar-refractivity contribution >= 4 is 5.78 Å². The van der Waals surface area contributed by atoms with Gasteiger partial charge in [0.15, 0.2) is 6.10 Å². The van der Waals surface area contributed by atoms with Crippen molar-refractivity contribution in [2.75, 3.05) is 19.6 Å². The van der Waals surface area contributed by atoms with Crippen molar-refractivity contribution in [3.05, 3.63) is 0 Å². The third-order valence-electron chi connectivity index (χ3n) is 1.92. The van der Waals surface area contributed by atoms with Gasteiger partial charge in [-0.15, -0.1) is 0 Å². The highest BCUT2D eigenvalue weighted by Crippen LogP contribution is 2.21. The summed E-state index contributed by atoms with van der Waals surface area (Å²) in [6, 6.07) is 0. The molecular formula is C7H10F3NO2. The van der Waals surface area contributed by atoms with E-state index >= 15 is 0 Å². The number of carbonyl (C=O) groups is 1. The predicted octanol–water partition coefficient (Wildman–Crippen LogP) is 0.184. The minimum atomic E-state index is -4.59. The number of Topliss-reactive ketones (excluding diaryl/α,β-unsaturated/α-hetero) is 1. The summed E-state index contributed by atoms with van der Waals surface area (Å²) in [5, 5.41) is 8.65. The van der Waals surface area contributed by atoms with Crippen LogP contribution in [0.3, 0.4) is 0 Å². The van der Waals surface area contributed by atoms with Crippen LogP contribution in [0.1, 0.15) is 6.42 Å². The quantitative estimate of drug-likeness (QED) is 0.686. The van der Waals surface area contributed by atoms with E-state index in [1.807, 2.05) is 0 Å². The van der Waals surface area contributed by atoms with Crippen molar-refractivity contribution in [3.63, 3.8) is 0 Å². The Morgan fingerprint density at radius 3 is 2.54 bits per heavy atom. The summed E-state index contributed by atoms with van der Waals surface area (Å²) in [6.45, 7) is -0.172. The van der Waals surface area contributed by atoms with Gasteiger partial charge in [0.1, 0.15) is 5.78 Å². The molecule has 0 bridgehead atoms. The highest BCUT2D eigenvalue weighted by atomic mass is 19.4. The minimum absolute atomic E-state index is 0.0210. The maximum Gasteiger partial charge on any atom is 0.415 e. The highest BCUT2D eigenvalue weighted by Gasteiger charge is 2.39. The van der Waals surface area contributed by atoms with E-state index in [-0.39, 0.29) is 18.7 Å². The molecule has 1 heterocycles. The van der Waals surface area contributed by atoms with Gasteiger partial charge in [-0.1, -0.05) is 0 Å². The Balaban J connectivity index is 2.37. The van der Waals surface area contributed by atoms with E-state index in [9.17, 15) is 18.0 Å². The number of nitrogens with zero attached hydrogens (tertiary/aromatic N) is 1. The van der Waals surface area contributed by atoms with Gasteiger partial charge in [-0.3, -0.25) is 9.69 Å². The monoisotopic (exact) mass is 197 g/mol. The maximum absolute atomic E-state index is 11.8. The lowest BCUT2D eigenvalue weighted by Crippen LogP contribution is -2.40. The number of aliphatic hydroxyl groups excluding tert-OH is 1. The van der Waals surface area contributed by atoms with Gasteiger partial charge in [0.05, 0.1) is 6.54 Å². The highest BCUT2D eigenvalue weighted by molar-refractivity contribution is 5.82. The van der Waals surface area contributed by atoms with E-state index < -0.39 is 18.8 Å². The number of carbonyl (C=O) groups excluding carboxylic acids is 1. The van der Waals surface area contributed by atoms with Gasteiger partial charge < -0.3 is 5.11 Å². The number of halogens is 3. The number of ketones is 1. The summed E-state index contributed by atoms with van der Waals surface area (Å²) >= 11 is 0. The Morgan fingerprint density at radius 1 is 1.54 bits per heavy atom. The lowest BCUT2D eigenvalue weighted by atomic mass is 10.3. The van der Waals surface area contributed by atoms with E-state index in [4.69, 9.17) is 5.11 Å². The van der Waals surface area contributed by atoms with E-state index in [0.29, 0.717) is 6.54 Å². The molecule has 6 heteroatoms. The molecule has 0 spiro atoms. The van der Waals surface area contributed by atoms with Crippen molar-refractivity contribution in [2.45, 2.75) is 18.7 Å². The fourth-order valence-corrected chi connectivity index (χ4v) is 1.19. The number of alkyl halides is 3. The molecule has 1 aliphatic rings. The molecule has 13 heavy (non-hydrogen) atoms. The average molecular weight is 197 g/mol. The number of hydrogen-bond acceptors (Lipinski definition) is 3. The predicted molar refractivity (Wildman–Crippen MR) is 38.1 cm³/mol. The molecule has 0 radical (unpaired) electrons. The van der Waals surface area contributed by atoms with Crippen LogP contribution in [0.4, 0.5) is 13.2 Å². The topological polar surface area (TPSA) is 40.5 Å². The normalized spacial score (nSPS) is 22.3. The molecule has 1 aliphatic heterocycles. The van der Waals surface area contributed by atoms with Crippen LogP contribution >= 0.6 is 0 Å². The molecule has 1 rings (SSSR count). The van der Waals surface area contributed by atoms with Gasteiger partial charge in [0.2, 0.25) is 0 Å². The summed E-state index contributed by atoms with van der Waals surface area (Å²) in [6.07, 6.45) is -6.66. The Hall–Kier alpha value is -0.620. The van der Waals surface area contributed by atoms with Crippen LogP contribution in [0, 0.1) is 0 Å². The lowest BCUT2D eigenvalue weighted by Gasteiger charge is -2.20. The van der Waals surface area contributed by atoms with Gasteiger partial charge in [0, 0.05) is 19.5 Å². The van der Waals surface area contributed by atoms with Crippen LogP contribution in [0.5, 0.6) is 0 Å². The standard InChI is InChI=1S/C7H10F3NO2/c8-7(9,10)6(13)4-11-2-1-5(12)3-11/h6,13H,1-4H2. The second-order valence-corrected chi connectivity index (χ2v) is 3.08. The molecule has 76 valence electrons. The second kappa shape index (κ2) is 3.63. The number of aliphatic hydroxyl groups is 1. The summed E-state index contributed by atoms with van der Waals surface area (Å²) in [5.41, 5.74) is 0. The van der Waals surface area contributed by atoms with Gasteiger partial charge in [-0.2, -0.15) is 13.2 Å². The summed E-state index contributed by atoms with van der Waals surface area (Å²) in [7, 11) is 0. The lowest BCUT2D eigenvalue weighted by molar-refractivity contribution is -0.207. The van der Waals surface area contributed by atoms with Crippen LogP contribution in [0.15, 0.2) is 0 Å². The number of β-amino-alcohol motifs (C(OH)–C–C–N with tert-alkyl or cyclic N) is 1. The van der Waals surface area contributed by atoms with E-state index in [1.165, 1.54) is 4.90 Å². The first-order valence-corrected chi connectivity index (χ1v) is 3.88. The van der Waals surface area contributed by atoms with Gasteiger partial charge in [-0.25, -0.2) is 0 Å². The maximum atomic E-state index is 11.8. The zero-order valence-electron chi connectivity index (χ0n) is 6.84. The Morgan fingerprint density at radius 2 is 2.15 bits per heavy atom. The Labute approximate surface area is 73.1 Å². The van der Waals surface area contributed by atoms with Crippen LogP contribution in [0.2, 0.25) is 0 Å². The second-order valence-electron chi connectivity index (χ2n) is 3.08. The molecule has 1 saturated heterocycles. The average Bonchev–Trinajstić information content (AvgIpc) is 2.33. The van der Waals surface area contributed by atoms with Crippen molar-refractivity contribution < 1.29 is 23.1 Å². The van der Waals surface area contributed by atoms with Crippen LogP contribution < -0.4 is 0 Å².